The molecule has 1 aromatic heterocycles. The van der Waals surface area contributed by atoms with E-state index in [1.165, 1.54) is 38.0 Å². The molecule has 26 heavy (non-hydrogen) atoms. The molecular formula is C18H18FN5O2. The Morgan fingerprint density at radius 3 is 2.85 bits per heavy atom. The lowest BCUT2D eigenvalue weighted by molar-refractivity contribution is -0.122. The summed E-state index contributed by atoms with van der Waals surface area (Å²) >= 11 is 0. The summed E-state index contributed by atoms with van der Waals surface area (Å²) in [5.74, 6) is -0.532. The van der Waals surface area contributed by atoms with Crippen molar-refractivity contribution >= 4 is 17.4 Å². The second kappa shape index (κ2) is 7.30. The summed E-state index contributed by atoms with van der Waals surface area (Å²) in [5.41, 5.74) is 0.0176. The van der Waals surface area contributed by atoms with Crippen molar-refractivity contribution in [1.29, 1.82) is 5.41 Å². The summed E-state index contributed by atoms with van der Waals surface area (Å²) in [6.45, 7) is 0. The Kier molecular flexibility index (Phi) is 4.92. The van der Waals surface area contributed by atoms with Crippen LogP contribution < -0.4 is 15.4 Å². The number of amides is 1. The fourth-order valence-corrected chi connectivity index (χ4v) is 2.67. The van der Waals surface area contributed by atoms with E-state index in [4.69, 9.17) is 10.1 Å². The summed E-state index contributed by atoms with van der Waals surface area (Å²) in [5, 5.41) is 13.3. The van der Waals surface area contributed by atoms with Crippen LogP contribution >= 0.6 is 0 Å². The van der Waals surface area contributed by atoms with E-state index in [9.17, 15) is 9.18 Å². The maximum Gasteiger partial charge on any atom is 0.240 e. The first-order valence-corrected chi connectivity index (χ1v) is 7.99. The zero-order valence-electron chi connectivity index (χ0n) is 14.1. The number of methoxy groups -OCH3 is 1. The molecule has 0 aliphatic heterocycles. The molecule has 7 nitrogen and oxygen atoms in total. The van der Waals surface area contributed by atoms with Crippen LogP contribution in [0.25, 0.3) is 0 Å². The second-order valence-corrected chi connectivity index (χ2v) is 5.85. The van der Waals surface area contributed by atoms with Crippen molar-refractivity contribution in [1.82, 2.24) is 15.3 Å². The van der Waals surface area contributed by atoms with E-state index >= 15 is 0 Å². The Balaban J connectivity index is 1.61. The number of carbonyl (C=O) groups excluding carboxylic acids is 1. The molecule has 0 atom stereocenters. The third kappa shape index (κ3) is 3.53. The van der Waals surface area contributed by atoms with Gasteiger partial charge in [0.1, 0.15) is 23.7 Å². The molecule has 8 heteroatoms. The lowest BCUT2D eigenvalue weighted by Gasteiger charge is -2.16. The molecule has 0 spiro atoms. The number of amidine groups is 1. The molecule has 1 aromatic carbocycles. The summed E-state index contributed by atoms with van der Waals surface area (Å²) in [6.07, 6.45) is 6.85. The molecule has 1 amide bonds. The normalized spacial score (nSPS) is 14.7. The Morgan fingerprint density at radius 2 is 2.15 bits per heavy atom. The van der Waals surface area contributed by atoms with Crippen LogP contribution in [-0.4, -0.2) is 28.8 Å². The largest absolute Gasteiger partial charge is 0.479 e. The number of halogens is 1. The number of nitrogens with one attached hydrogen (secondary N) is 3. The third-order valence-electron chi connectivity index (χ3n) is 4.18. The first-order valence-electron chi connectivity index (χ1n) is 7.99. The number of ether oxygens (including phenoxy) is 1. The van der Waals surface area contributed by atoms with Crippen LogP contribution in [-0.2, 0) is 10.2 Å². The molecule has 1 aliphatic rings. The zero-order valence-corrected chi connectivity index (χ0v) is 14.1. The van der Waals surface area contributed by atoms with Gasteiger partial charge in [0.25, 0.3) is 0 Å². The smallest absolute Gasteiger partial charge is 0.240 e. The van der Waals surface area contributed by atoms with E-state index in [-0.39, 0.29) is 11.7 Å². The van der Waals surface area contributed by atoms with Gasteiger partial charge in [-0.2, -0.15) is 4.98 Å². The molecule has 0 radical (unpaired) electrons. The highest BCUT2D eigenvalue weighted by molar-refractivity contribution is 6.07. The zero-order chi connectivity index (χ0) is 18.6. The topological polar surface area (TPSA) is 100.0 Å². The standard InChI is InChI=1S/C18H18FN5O2/c1-26-16-14(10-21-11-23-16)22-9-6-15(20)24-17(25)18(7-8-18)12-4-2-3-5-13(12)19/h2-6,9-11,22H,7-8H2,1H3,(H2,20,24,25)/b9-6-. The summed E-state index contributed by atoms with van der Waals surface area (Å²) < 4.78 is 19.1. The predicted octanol–water partition coefficient (Wildman–Crippen LogP) is 2.38. The molecule has 1 aliphatic carbocycles. The molecule has 134 valence electrons. The number of benzene rings is 1. The SMILES string of the molecule is COc1ncncc1N/C=C\C(=N)NC(=O)C1(c2ccccc2F)CC1. The van der Waals surface area contributed by atoms with Gasteiger partial charge in [0.15, 0.2) is 0 Å². The molecule has 0 saturated heterocycles. The van der Waals surface area contributed by atoms with Gasteiger partial charge >= 0.3 is 0 Å². The molecule has 2 aromatic rings. The molecule has 3 N–H and O–H groups in total. The van der Waals surface area contributed by atoms with Crippen molar-refractivity contribution in [3.8, 4) is 5.88 Å². The van der Waals surface area contributed by atoms with E-state index in [0.717, 1.165) is 0 Å². The van der Waals surface area contributed by atoms with Crippen LogP contribution in [0.5, 0.6) is 5.88 Å². The van der Waals surface area contributed by atoms with Gasteiger partial charge in [0.05, 0.1) is 18.7 Å². The van der Waals surface area contributed by atoms with Gasteiger partial charge in [-0.3, -0.25) is 10.2 Å². The number of hydrogen-bond acceptors (Lipinski definition) is 6. The Labute approximate surface area is 149 Å². The van der Waals surface area contributed by atoms with Gasteiger partial charge in [-0.1, -0.05) is 18.2 Å². The van der Waals surface area contributed by atoms with Gasteiger partial charge in [0, 0.05) is 11.8 Å². The number of nitrogens with zero attached hydrogens (tertiary/aromatic N) is 2. The fraction of sp³-hybridized carbons (Fsp3) is 0.222. The molecule has 0 bridgehead atoms. The Bertz CT molecular complexity index is 864. The monoisotopic (exact) mass is 355 g/mol. The van der Waals surface area contributed by atoms with E-state index in [1.807, 2.05) is 0 Å². The summed E-state index contributed by atoms with van der Waals surface area (Å²) in [4.78, 5) is 20.3. The summed E-state index contributed by atoms with van der Waals surface area (Å²) in [7, 11) is 1.48. The lowest BCUT2D eigenvalue weighted by atomic mass is 9.94. The number of hydrogen-bond donors (Lipinski definition) is 3. The van der Waals surface area contributed by atoms with Crippen molar-refractivity contribution < 1.29 is 13.9 Å². The van der Waals surface area contributed by atoms with Crippen LogP contribution in [0.3, 0.4) is 0 Å². The van der Waals surface area contributed by atoms with Crippen LogP contribution in [0.2, 0.25) is 0 Å². The maximum atomic E-state index is 14.0. The van der Waals surface area contributed by atoms with E-state index < -0.39 is 11.2 Å². The quantitative estimate of drug-likeness (QED) is 0.546. The van der Waals surface area contributed by atoms with E-state index in [0.29, 0.717) is 30.0 Å². The number of anilines is 1. The Morgan fingerprint density at radius 1 is 1.38 bits per heavy atom. The molecule has 1 heterocycles. The highest BCUT2D eigenvalue weighted by atomic mass is 19.1. The average molecular weight is 355 g/mol. The highest BCUT2D eigenvalue weighted by Gasteiger charge is 2.52. The molecule has 3 rings (SSSR count). The van der Waals surface area contributed by atoms with Crippen molar-refractivity contribution in [2.45, 2.75) is 18.3 Å². The first-order chi connectivity index (χ1) is 12.6. The Hall–Kier alpha value is -3.29. The molecule has 1 saturated carbocycles. The number of aromatic nitrogens is 2. The lowest BCUT2D eigenvalue weighted by Crippen LogP contribution is -2.38. The van der Waals surface area contributed by atoms with Gasteiger partial charge < -0.3 is 15.4 Å². The van der Waals surface area contributed by atoms with Crippen LogP contribution in [0.15, 0.2) is 49.1 Å². The van der Waals surface area contributed by atoms with Crippen molar-refractivity contribution in [3.05, 3.63) is 60.4 Å². The predicted molar refractivity (Wildman–Crippen MR) is 94.5 cm³/mol. The highest BCUT2D eigenvalue weighted by Crippen LogP contribution is 2.49. The van der Waals surface area contributed by atoms with Crippen molar-refractivity contribution in [3.63, 3.8) is 0 Å². The third-order valence-corrected chi connectivity index (χ3v) is 4.18. The number of carbonyl (C=O) groups is 1. The minimum Gasteiger partial charge on any atom is -0.479 e. The average Bonchev–Trinajstić information content (AvgIpc) is 3.44. The molecular weight excluding hydrogens is 337 g/mol. The van der Waals surface area contributed by atoms with Gasteiger partial charge in [-0.15, -0.1) is 0 Å². The maximum absolute atomic E-state index is 14.0. The van der Waals surface area contributed by atoms with E-state index in [1.54, 1.807) is 18.2 Å². The van der Waals surface area contributed by atoms with Gasteiger partial charge in [-0.05, 0) is 25.0 Å². The minimum absolute atomic E-state index is 0.110. The van der Waals surface area contributed by atoms with Crippen LogP contribution in [0, 0.1) is 11.2 Å². The first kappa shape index (κ1) is 17.5. The fourth-order valence-electron chi connectivity index (χ4n) is 2.67. The summed E-state index contributed by atoms with van der Waals surface area (Å²) in [6, 6.07) is 6.25. The second-order valence-electron chi connectivity index (χ2n) is 5.85. The minimum atomic E-state index is -0.880. The van der Waals surface area contributed by atoms with E-state index in [2.05, 4.69) is 20.6 Å². The number of rotatable bonds is 6. The van der Waals surface area contributed by atoms with Crippen LogP contribution in [0.1, 0.15) is 18.4 Å². The van der Waals surface area contributed by atoms with Gasteiger partial charge in [-0.25, -0.2) is 9.37 Å². The van der Waals surface area contributed by atoms with Gasteiger partial charge in [0.2, 0.25) is 11.8 Å². The van der Waals surface area contributed by atoms with Crippen LogP contribution in [0.4, 0.5) is 10.1 Å². The molecule has 1 fully saturated rings. The van der Waals surface area contributed by atoms with Crippen molar-refractivity contribution in [2.75, 3.05) is 12.4 Å². The van der Waals surface area contributed by atoms with Crippen molar-refractivity contribution in [2.24, 2.45) is 0 Å². The molecule has 0 unspecified atom stereocenters.